The number of ether oxygens (including phenoxy) is 5. The molecular formula is C51H83NO13. The molecule has 4 rings (SSSR count). The predicted octanol–water partition coefficient (Wildman–Crippen LogP) is 5.76. The van der Waals surface area contributed by atoms with Crippen molar-refractivity contribution in [3.05, 3.63) is 47.6 Å². The van der Waals surface area contributed by atoms with Crippen molar-refractivity contribution in [2.45, 2.75) is 192 Å². The molecule has 3 aliphatic heterocycles. The second kappa shape index (κ2) is 25.5. The standard InChI is InChI=1S/C51H83NO13/c1-30-16-12-11-13-17-31(2)42(61-8)28-38-21-19-36(7)51(60,65-38)48(57)49(58)52-23-15-14-18-39(52)50(59)64-43(33(4)26-37-20-22-40(53)44(27-37)62-9)29-41(54)32(3)25-35(6)46(56)47(63-10)45(55)34(5)24-30/h11-13,16-17,25,30,32-34,36-47,53-56,60H,14-15,18-24,26-29H2,1-10H3/b13-11+,16-12+,31-17+,35-25+/t30-,32-,33-,34-,36-,37+,38+,39?,40-,41+,42+,43+,44-,45+,46-,47+,51-/m1/s1. The topological polar surface area (TPSA) is 202 Å². The first-order valence-electron chi connectivity index (χ1n) is 24.2. The molecular weight excluding hydrogens is 835 g/mol. The Kier molecular flexibility index (Phi) is 21.5. The lowest BCUT2D eigenvalue weighted by molar-refractivity contribution is -0.265. The van der Waals surface area contributed by atoms with Gasteiger partial charge in [0.15, 0.2) is 0 Å². The van der Waals surface area contributed by atoms with Crippen LogP contribution in [0.15, 0.2) is 47.6 Å². The Hall–Kier alpha value is -2.79. The van der Waals surface area contributed by atoms with Gasteiger partial charge in [0.2, 0.25) is 5.79 Å². The molecule has 0 aromatic rings. The number of allylic oxidation sites excluding steroid dienone is 5. The summed E-state index contributed by atoms with van der Waals surface area (Å²) in [6.45, 7) is 13.2. The third-order valence-electron chi connectivity index (χ3n) is 14.9. The number of methoxy groups -OCH3 is 3. The first kappa shape index (κ1) is 54.8. The molecule has 17 atom stereocenters. The van der Waals surface area contributed by atoms with Gasteiger partial charge in [-0.3, -0.25) is 9.59 Å². The largest absolute Gasteiger partial charge is 0.460 e. The number of hydrogen-bond donors (Lipinski definition) is 5. The number of fused-ring (bicyclic) bond motifs is 3. The van der Waals surface area contributed by atoms with Crippen molar-refractivity contribution in [2.24, 2.45) is 35.5 Å². The lowest BCUT2D eigenvalue weighted by atomic mass is 9.78. The summed E-state index contributed by atoms with van der Waals surface area (Å²) < 4.78 is 29.6. The van der Waals surface area contributed by atoms with Crippen LogP contribution in [0, 0.1) is 35.5 Å². The quantitative estimate of drug-likeness (QED) is 0.122. The van der Waals surface area contributed by atoms with Crippen LogP contribution in [0.25, 0.3) is 0 Å². The van der Waals surface area contributed by atoms with Crippen LogP contribution in [0.2, 0.25) is 0 Å². The summed E-state index contributed by atoms with van der Waals surface area (Å²) in [5, 5.41) is 57.2. The van der Waals surface area contributed by atoms with E-state index in [-0.39, 0.29) is 49.2 Å². The molecule has 0 aromatic heterocycles. The van der Waals surface area contributed by atoms with Crippen LogP contribution in [0.1, 0.15) is 126 Å². The number of aliphatic hydroxyl groups is 5. The van der Waals surface area contributed by atoms with Crippen molar-refractivity contribution in [3.8, 4) is 0 Å². The number of amides is 1. The minimum Gasteiger partial charge on any atom is -0.460 e. The molecule has 1 saturated carbocycles. The summed E-state index contributed by atoms with van der Waals surface area (Å²) in [7, 11) is 4.63. The van der Waals surface area contributed by atoms with E-state index in [9.17, 15) is 39.9 Å². The van der Waals surface area contributed by atoms with Gasteiger partial charge in [0.05, 0.1) is 36.6 Å². The molecule has 5 N–H and O–H groups in total. The summed E-state index contributed by atoms with van der Waals surface area (Å²) in [6.07, 6.45) is 10.6. The summed E-state index contributed by atoms with van der Waals surface area (Å²) in [6, 6.07) is -1.10. The average molecular weight is 918 g/mol. The van der Waals surface area contributed by atoms with Gasteiger partial charge in [0.25, 0.3) is 11.7 Å². The van der Waals surface area contributed by atoms with Gasteiger partial charge < -0.3 is 54.1 Å². The Balaban J connectivity index is 1.70. The van der Waals surface area contributed by atoms with Gasteiger partial charge in [0, 0.05) is 52.6 Å². The maximum atomic E-state index is 14.4. The van der Waals surface area contributed by atoms with Gasteiger partial charge in [-0.1, -0.05) is 71.1 Å². The number of aliphatic hydroxyl groups excluding tert-OH is 4. The fraction of sp³-hybridized carbons (Fsp3) is 0.784. The highest BCUT2D eigenvalue weighted by Gasteiger charge is 2.53. The van der Waals surface area contributed by atoms with Crippen LogP contribution < -0.4 is 0 Å². The Labute approximate surface area is 388 Å². The highest BCUT2D eigenvalue weighted by molar-refractivity contribution is 6.39. The Morgan fingerprint density at radius 3 is 2.22 bits per heavy atom. The van der Waals surface area contributed by atoms with E-state index in [1.165, 1.54) is 12.0 Å². The smallest absolute Gasteiger partial charge is 0.329 e. The molecule has 1 amide bonds. The average Bonchev–Trinajstić information content (AvgIpc) is 3.28. The van der Waals surface area contributed by atoms with Crippen LogP contribution >= 0.6 is 0 Å². The second-order valence-corrected chi connectivity index (χ2v) is 20.0. The number of nitrogens with zero attached hydrogens (tertiary/aromatic N) is 1. The van der Waals surface area contributed by atoms with Gasteiger partial charge in [-0.05, 0) is 113 Å². The molecule has 65 heavy (non-hydrogen) atoms. The maximum Gasteiger partial charge on any atom is 0.329 e. The normalized spacial score (nSPS) is 42.7. The Bertz CT molecular complexity index is 1660. The van der Waals surface area contributed by atoms with Gasteiger partial charge >= 0.3 is 5.97 Å². The van der Waals surface area contributed by atoms with Crippen molar-refractivity contribution in [2.75, 3.05) is 27.9 Å². The highest BCUT2D eigenvalue weighted by Crippen LogP contribution is 2.38. The number of Topliss-reactive ketones (excluding diaryl/α,β-unsaturated/α-hetero) is 1. The Morgan fingerprint density at radius 1 is 0.815 bits per heavy atom. The molecule has 2 saturated heterocycles. The molecule has 3 heterocycles. The zero-order valence-corrected chi connectivity index (χ0v) is 40.8. The minimum absolute atomic E-state index is 0.0359. The lowest BCUT2D eigenvalue weighted by Gasteiger charge is -2.43. The number of esters is 1. The third kappa shape index (κ3) is 14.6. The monoisotopic (exact) mass is 918 g/mol. The van der Waals surface area contributed by atoms with Crippen molar-refractivity contribution in [1.82, 2.24) is 4.90 Å². The fourth-order valence-electron chi connectivity index (χ4n) is 10.4. The van der Waals surface area contributed by atoms with Gasteiger partial charge in [-0.2, -0.15) is 0 Å². The van der Waals surface area contributed by atoms with Crippen LogP contribution in [-0.2, 0) is 38.1 Å². The maximum absolute atomic E-state index is 14.4. The van der Waals surface area contributed by atoms with Crippen molar-refractivity contribution < 1.29 is 63.6 Å². The summed E-state index contributed by atoms with van der Waals surface area (Å²) in [4.78, 5) is 44.1. The van der Waals surface area contributed by atoms with E-state index >= 15 is 0 Å². The molecule has 4 aliphatic rings. The number of cyclic esters (lactones) is 1. The molecule has 14 nitrogen and oxygen atoms in total. The van der Waals surface area contributed by atoms with E-state index in [2.05, 4.69) is 6.92 Å². The predicted molar refractivity (Wildman–Crippen MR) is 247 cm³/mol. The molecule has 0 aromatic carbocycles. The second-order valence-electron chi connectivity index (χ2n) is 20.0. The number of hydrogen-bond acceptors (Lipinski definition) is 13. The molecule has 1 aliphatic carbocycles. The molecule has 1 unspecified atom stereocenters. The van der Waals surface area contributed by atoms with Crippen molar-refractivity contribution in [3.63, 3.8) is 0 Å². The van der Waals surface area contributed by atoms with Crippen LogP contribution in [0.5, 0.6) is 0 Å². The SMILES string of the molecule is CO[C@H]1[C@@H](O)[C@H](C)C[C@H](C)/C=C/C=C/C=C(\C)[C@@H](OC)C[C@@H]2CC[C@@H](C)[C@@](O)(O2)C(=O)C(=O)N2CCCCC2C(=O)O[C@H]([C@H](C)C[C@@H]2CC[C@@H](O)[C@H](OC)C2)C[C@H](O)[C@H](C)/C=C(\C)[C@H]1O. The summed E-state index contributed by atoms with van der Waals surface area (Å²) >= 11 is 0. The first-order chi connectivity index (χ1) is 30.7. The van der Waals surface area contributed by atoms with Crippen LogP contribution in [0.3, 0.4) is 0 Å². The number of carbonyl (C=O) groups is 3. The van der Waals surface area contributed by atoms with Crippen LogP contribution in [-0.4, -0.2) is 143 Å². The number of piperidine rings is 1. The van der Waals surface area contributed by atoms with E-state index in [0.717, 1.165) is 12.0 Å². The summed E-state index contributed by atoms with van der Waals surface area (Å²) in [5.41, 5.74) is 1.41. The molecule has 2 bridgehead atoms. The zero-order chi connectivity index (χ0) is 48.2. The van der Waals surface area contributed by atoms with Crippen molar-refractivity contribution >= 4 is 17.7 Å². The molecule has 0 radical (unpaired) electrons. The van der Waals surface area contributed by atoms with Crippen LogP contribution in [0.4, 0.5) is 0 Å². The molecule has 370 valence electrons. The number of rotatable bonds is 6. The van der Waals surface area contributed by atoms with E-state index < -0.39 is 90.2 Å². The third-order valence-corrected chi connectivity index (χ3v) is 14.9. The molecule has 0 spiro atoms. The van der Waals surface area contributed by atoms with Crippen molar-refractivity contribution in [1.29, 1.82) is 0 Å². The highest BCUT2D eigenvalue weighted by atomic mass is 16.6. The molecule has 3 fully saturated rings. The lowest BCUT2D eigenvalue weighted by Crippen LogP contribution is -2.61. The van der Waals surface area contributed by atoms with Gasteiger partial charge in [-0.25, -0.2) is 4.79 Å². The zero-order valence-electron chi connectivity index (χ0n) is 40.8. The minimum atomic E-state index is -2.41. The molecule has 14 heteroatoms. The van der Waals surface area contributed by atoms with E-state index in [1.54, 1.807) is 34.1 Å². The fourth-order valence-corrected chi connectivity index (χ4v) is 10.4. The first-order valence-corrected chi connectivity index (χ1v) is 24.2. The summed E-state index contributed by atoms with van der Waals surface area (Å²) in [5.74, 6) is -6.69. The van der Waals surface area contributed by atoms with Gasteiger partial charge in [0.1, 0.15) is 24.4 Å². The van der Waals surface area contributed by atoms with E-state index in [4.69, 9.17) is 23.7 Å². The number of carbonyl (C=O) groups excluding carboxylic acids is 3. The number of ketones is 1. The van der Waals surface area contributed by atoms with Gasteiger partial charge in [-0.15, -0.1) is 0 Å². The Morgan fingerprint density at radius 2 is 1.54 bits per heavy atom. The van der Waals surface area contributed by atoms with E-state index in [1.807, 2.05) is 58.1 Å². The van der Waals surface area contributed by atoms with E-state index in [0.29, 0.717) is 63.4 Å².